The molecule has 9 nitrogen and oxygen atoms in total. The number of hydrogen-bond donors (Lipinski definition) is 2. The zero-order chi connectivity index (χ0) is 22.2. The minimum atomic E-state index is -0.531. The Kier molecular flexibility index (Phi) is 7.68. The molecule has 2 amide bonds. The Hall–Kier alpha value is -3.31. The van der Waals surface area contributed by atoms with E-state index in [4.69, 9.17) is 0 Å². The summed E-state index contributed by atoms with van der Waals surface area (Å²) in [7, 11) is 0. The summed E-state index contributed by atoms with van der Waals surface area (Å²) in [6.45, 7) is 2.06. The molecule has 31 heavy (non-hydrogen) atoms. The molecule has 0 bridgehead atoms. The van der Waals surface area contributed by atoms with Gasteiger partial charge in [-0.15, -0.1) is 10.2 Å². The maximum absolute atomic E-state index is 12.5. The van der Waals surface area contributed by atoms with E-state index in [0.717, 1.165) is 23.3 Å². The maximum Gasteiger partial charge on any atom is 0.273 e. The minimum Gasteiger partial charge on any atom is -0.355 e. The first-order valence-corrected chi connectivity index (χ1v) is 11.1. The Morgan fingerprint density at radius 2 is 1.90 bits per heavy atom. The van der Waals surface area contributed by atoms with Crippen LogP contribution in [-0.4, -0.2) is 39.2 Å². The zero-order valence-corrected chi connectivity index (χ0v) is 18.2. The standard InChI is InChI=1S/C20H19N5O4S2/c1-13-15(8-5-9-16(13)25(28)29)18(27)22-19-23-24-20(31-19)30-12-17(26)21-11-10-14-6-3-2-4-7-14/h2-9H,10-12H2,1H3,(H,21,26)(H,22,23,27). The average molecular weight is 458 g/mol. The van der Waals surface area contributed by atoms with Crippen LogP contribution >= 0.6 is 23.1 Å². The van der Waals surface area contributed by atoms with Crippen LogP contribution in [0.3, 0.4) is 0 Å². The van der Waals surface area contributed by atoms with E-state index in [0.29, 0.717) is 10.9 Å². The second-order valence-corrected chi connectivity index (χ2v) is 8.61. The topological polar surface area (TPSA) is 127 Å². The fraction of sp³-hybridized carbons (Fsp3) is 0.200. The molecule has 0 saturated heterocycles. The van der Waals surface area contributed by atoms with Gasteiger partial charge in [-0.05, 0) is 25.0 Å². The third kappa shape index (κ3) is 6.33. The van der Waals surface area contributed by atoms with Gasteiger partial charge in [0, 0.05) is 23.7 Å². The fourth-order valence-electron chi connectivity index (χ4n) is 2.72. The molecule has 0 fully saturated rings. The molecule has 0 aliphatic rings. The van der Waals surface area contributed by atoms with Crippen LogP contribution in [0.15, 0.2) is 52.9 Å². The van der Waals surface area contributed by atoms with Crippen LogP contribution in [0.2, 0.25) is 0 Å². The number of anilines is 1. The van der Waals surface area contributed by atoms with Crippen molar-refractivity contribution in [1.29, 1.82) is 0 Å². The zero-order valence-electron chi connectivity index (χ0n) is 16.5. The molecule has 0 saturated carbocycles. The van der Waals surface area contributed by atoms with Gasteiger partial charge in [-0.1, -0.05) is 59.5 Å². The molecule has 1 aromatic heterocycles. The Balaban J connectivity index is 1.48. The molecule has 3 aromatic rings. The number of nitro benzene ring substituents is 1. The molecule has 1 heterocycles. The molecule has 0 aliphatic heterocycles. The number of rotatable bonds is 9. The Morgan fingerprint density at radius 3 is 2.65 bits per heavy atom. The van der Waals surface area contributed by atoms with Crippen LogP contribution in [0, 0.1) is 17.0 Å². The number of nitro groups is 1. The third-order valence-electron chi connectivity index (χ3n) is 4.28. The highest BCUT2D eigenvalue weighted by molar-refractivity contribution is 8.01. The number of carbonyl (C=O) groups excluding carboxylic acids is 2. The van der Waals surface area contributed by atoms with Gasteiger partial charge in [0.15, 0.2) is 4.34 Å². The van der Waals surface area contributed by atoms with Gasteiger partial charge in [0.2, 0.25) is 11.0 Å². The lowest BCUT2D eigenvalue weighted by Crippen LogP contribution is -2.27. The highest BCUT2D eigenvalue weighted by Gasteiger charge is 2.19. The number of amides is 2. The van der Waals surface area contributed by atoms with Gasteiger partial charge in [-0.25, -0.2) is 0 Å². The van der Waals surface area contributed by atoms with Crippen molar-refractivity contribution in [2.75, 3.05) is 17.6 Å². The molecule has 0 spiro atoms. The van der Waals surface area contributed by atoms with Gasteiger partial charge < -0.3 is 5.32 Å². The summed E-state index contributed by atoms with van der Waals surface area (Å²) in [5.41, 5.74) is 1.49. The van der Waals surface area contributed by atoms with Crippen molar-refractivity contribution in [3.8, 4) is 0 Å². The number of nitrogens with one attached hydrogen (secondary N) is 2. The van der Waals surface area contributed by atoms with Crippen molar-refractivity contribution in [3.05, 3.63) is 75.3 Å². The second-order valence-electron chi connectivity index (χ2n) is 6.41. The van der Waals surface area contributed by atoms with Gasteiger partial charge in [0.25, 0.3) is 11.6 Å². The number of hydrogen-bond acceptors (Lipinski definition) is 8. The van der Waals surface area contributed by atoms with Gasteiger partial charge in [0.05, 0.1) is 10.7 Å². The molecule has 0 atom stereocenters. The number of benzene rings is 2. The monoisotopic (exact) mass is 457 g/mol. The van der Waals surface area contributed by atoms with Crippen molar-refractivity contribution >= 4 is 45.7 Å². The second kappa shape index (κ2) is 10.6. The Labute approximate surface area is 186 Å². The van der Waals surface area contributed by atoms with Gasteiger partial charge in [-0.2, -0.15) is 0 Å². The maximum atomic E-state index is 12.5. The van der Waals surface area contributed by atoms with Crippen molar-refractivity contribution in [1.82, 2.24) is 15.5 Å². The quantitative estimate of drug-likeness (QED) is 0.218. The molecule has 11 heteroatoms. The SMILES string of the molecule is Cc1c(C(=O)Nc2nnc(SCC(=O)NCCc3ccccc3)s2)cccc1[N+](=O)[O-]. The lowest BCUT2D eigenvalue weighted by molar-refractivity contribution is -0.385. The molecular weight excluding hydrogens is 438 g/mol. The van der Waals surface area contributed by atoms with Crippen LogP contribution in [0.4, 0.5) is 10.8 Å². The van der Waals surface area contributed by atoms with Crippen LogP contribution in [0.1, 0.15) is 21.5 Å². The first-order valence-electron chi connectivity index (χ1n) is 9.26. The summed E-state index contributed by atoms with van der Waals surface area (Å²) in [6, 6.07) is 14.2. The molecular formula is C20H19N5O4S2. The van der Waals surface area contributed by atoms with E-state index >= 15 is 0 Å². The fourth-order valence-corrected chi connectivity index (χ4v) is 4.30. The van der Waals surface area contributed by atoms with Gasteiger partial charge in [-0.3, -0.25) is 25.0 Å². The molecule has 2 aromatic carbocycles. The first kappa shape index (κ1) is 22.4. The van der Waals surface area contributed by atoms with Crippen LogP contribution in [-0.2, 0) is 11.2 Å². The lowest BCUT2D eigenvalue weighted by atomic mass is 10.1. The van der Waals surface area contributed by atoms with E-state index in [2.05, 4.69) is 20.8 Å². The molecule has 2 N–H and O–H groups in total. The largest absolute Gasteiger partial charge is 0.355 e. The predicted molar refractivity (Wildman–Crippen MR) is 120 cm³/mol. The Bertz CT molecular complexity index is 1090. The molecule has 3 rings (SSSR count). The molecule has 0 aliphatic carbocycles. The van der Waals surface area contributed by atoms with E-state index in [9.17, 15) is 19.7 Å². The van der Waals surface area contributed by atoms with E-state index < -0.39 is 10.8 Å². The summed E-state index contributed by atoms with van der Waals surface area (Å²) >= 11 is 2.35. The first-order chi connectivity index (χ1) is 14.9. The molecule has 0 unspecified atom stereocenters. The van der Waals surface area contributed by atoms with Crippen molar-refractivity contribution in [2.24, 2.45) is 0 Å². The summed E-state index contributed by atoms with van der Waals surface area (Å²) in [5, 5.41) is 24.6. The van der Waals surface area contributed by atoms with Gasteiger partial charge in [0.1, 0.15) is 0 Å². The highest BCUT2D eigenvalue weighted by Crippen LogP contribution is 2.27. The van der Waals surface area contributed by atoms with Crippen molar-refractivity contribution in [2.45, 2.75) is 17.7 Å². The van der Waals surface area contributed by atoms with Crippen LogP contribution in [0.25, 0.3) is 0 Å². The molecule has 160 valence electrons. The lowest BCUT2D eigenvalue weighted by Gasteiger charge is -2.05. The summed E-state index contributed by atoms with van der Waals surface area (Å²) in [6.07, 6.45) is 0.753. The average Bonchev–Trinajstić information content (AvgIpc) is 3.20. The number of nitrogens with zero attached hydrogens (tertiary/aromatic N) is 3. The third-order valence-corrected chi connectivity index (χ3v) is 6.25. The Morgan fingerprint density at radius 1 is 1.13 bits per heavy atom. The van der Waals surface area contributed by atoms with E-state index in [1.807, 2.05) is 30.3 Å². The van der Waals surface area contributed by atoms with Crippen molar-refractivity contribution < 1.29 is 14.5 Å². The van der Waals surface area contributed by atoms with Crippen LogP contribution in [0.5, 0.6) is 0 Å². The summed E-state index contributed by atoms with van der Waals surface area (Å²) in [4.78, 5) is 35.0. The van der Waals surface area contributed by atoms with Crippen LogP contribution < -0.4 is 10.6 Å². The minimum absolute atomic E-state index is 0.117. The number of aromatic nitrogens is 2. The summed E-state index contributed by atoms with van der Waals surface area (Å²) in [5.74, 6) is -0.442. The number of carbonyl (C=O) groups is 2. The smallest absolute Gasteiger partial charge is 0.273 e. The summed E-state index contributed by atoms with van der Waals surface area (Å²) < 4.78 is 0.532. The highest BCUT2D eigenvalue weighted by atomic mass is 32.2. The number of thioether (sulfide) groups is 1. The van der Waals surface area contributed by atoms with Gasteiger partial charge >= 0.3 is 0 Å². The molecule has 0 radical (unpaired) electrons. The van der Waals surface area contributed by atoms with E-state index in [-0.39, 0.29) is 33.6 Å². The normalized spacial score (nSPS) is 10.5. The van der Waals surface area contributed by atoms with Crippen molar-refractivity contribution in [3.63, 3.8) is 0 Å². The predicted octanol–water partition coefficient (Wildman–Crippen LogP) is 3.46. The van der Waals surface area contributed by atoms with E-state index in [1.165, 1.54) is 36.9 Å². The van der Waals surface area contributed by atoms with E-state index in [1.54, 1.807) is 0 Å².